The summed E-state index contributed by atoms with van der Waals surface area (Å²) in [6.07, 6.45) is -2.16. The molecular weight excluding hydrogens is 348 g/mol. The van der Waals surface area contributed by atoms with Crippen LogP contribution in [-0.4, -0.2) is 64.5 Å². The first-order chi connectivity index (χ1) is 13.0. The van der Waals surface area contributed by atoms with Crippen LogP contribution in [0.15, 0.2) is 54.6 Å². The Hall–Kier alpha value is -2.58. The minimum absolute atomic E-state index is 0.0955. The van der Waals surface area contributed by atoms with Crippen molar-refractivity contribution in [3.05, 3.63) is 71.3 Å². The number of carbonyl (C=O) groups excluding carboxylic acids is 2. The van der Waals surface area contributed by atoms with Crippen molar-refractivity contribution in [2.75, 3.05) is 13.2 Å². The molecule has 0 unspecified atom stereocenters. The van der Waals surface area contributed by atoms with Crippen molar-refractivity contribution in [3.8, 4) is 0 Å². The number of amides is 1. The lowest BCUT2D eigenvalue weighted by molar-refractivity contribution is 0.0197. The van der Waals surface area contributed by atoms with Crippen LogP contribution in [-0.2, 0) is 0 Å². The number of benzene rings is 2. The van der Waals surface area contributed by atoms with Gasteiger partial charge in [-0.3, -0.25) is 9.59 Å². The summed E-state index contributed by atoms with van der Waals surface area (Å²) in [6, 6.07) is 14.0. The highest BCUT2D eigenvalue weighted by molar-refractivity contribution is 6.09. The fourth-order valence-electron chi connectivity index (χ4n) is 3.12. The smallest absolute Gasteiger partial charge is 0.251 e. The first-order valence-electron chi connectivity index (χ1n) is 8.72. The first kappa shape index (κ1) is 19.2. The molecule has 7 heteroatoms. The van der Waals surface area contributed by atoms with Crippen LogP contribution in [0, 0.1) is 0 Å². The van der Waals surface area contributed by atoms with Gasteiger partial charge in [0.2, 0.25) is 0 Å². The molecule has 142 valence electrons. The molecular formula is C20H22N2O5. The molecule has 27 heavy (non-hydrogen) atoms. The van der Waals surface area contributed by atoms with Crippen LogP contribution in [0.1, 0.15) is 26.3 Å². The Morgan fingerprint density at radius 3 is 2.00 bits per heavy atom. The third kappa shape index (κ3) is 4.23. The molecule has 2 aromatic rings. The van der Waals surface area contributed by atoms with Crippen LogP contribution in [0.5, 0.6) is 0 Å². The van der Waals surface area contributed by atoms with Gasteiger partial charge in [-0.15, -0.1) is 0 Å². The summed E-state index contributed by atoms with van der Waals surface area (Å²) in [6.45, 7) is -0.210. The Balaban J connectivity index is 1.59. The number of ketones is 1. The van der Waals surface area contributed by atoms with E-state index in [2.05, 4.69) is 10.6 Å². The van der Waals surface area contributed by atoms with Gasteiger partial charge in [-0.05, 0) is 12.1 Å². The monoisotopic (exact) mass is 370 g/mol. The van der Waals surface area contributed by atoms with Crippen molar-refractivity contribution >= 4 is 11.7 Å². The van der Waals surface area contributed by atoms with Gasteiger partial charge in [0.1, 0.15) is 0 Å². The second-order valence-corrected chi connectivity index (χ2v) is 6.53. The number of hydrogen-bond donors (Lipinski definition) is 5. The molecule has 0 bridgehead atoms. The quantitative estimate of drug-likeness (QED) is 0.446. The molecule has 4 atom stereocenters. The van der Waals surface area contributed by atoms with Crippen LogP contribution >= 0.6 is 0 Å². The Morgan fingerprint density at radius 2 is 1.41 bits per heavy atom. The van der Waals surface area contributed by atoms with Gasteiger partial charge in [-0.1, -0.05) is 42.5 Å². The van der Waals surface area contributed by atoms with Crippen LogP contribution in [0.25, 0.3) is 0 Å². The largest absolute Gasteiger partial charge is 0.395 e. The highest BCUT2D eigenvalue weighted by atomic mass is 16.3. The van der Waals surface area contributed by atoms with Crippen LogP contribution in [0.2, 0.25) is 0 Å². The van der Waals surface area contributed by atoms with Crippen molar-refractivity contribution < 1.29 is 24.9 Å². The van der Waals surface area contributed by atoms with Gasteiger partial charge in [0, 0.05) is 23.2 Å². The first-order valence-corrected chi connectivity index (χ1v) is 8.72. The molecule has 2 aromatic carbocycles. The average Bonchev–Trinajstić information content (AvgIpc) is 3.00. The molecule has 0 aromatic heterocycles. The molecule has 3 rings (SSSR count). The van der Waals surface area contributed by atoms with E-state index in [4.69, 9.17) is 5.11 Å². The van der Waals surface area contributed by atoms with Crippen molar-refractivity contribution in [2.45, 2.75) is 24.3 Å². The average molecular weight is 370 g/mol. The predicted octanol–water partition coefficient (Wildman–Crippen LogP) is -0.298. The van der Waals surface area contributed by atoms with Crippen molar-refractivity contribution in [2.24, 2.45) is 0 Å². The SMILES string of the molecule is O=C(NC[C@H]1N[C@H](CO)[C@@H](O)[C@@H]1O)c1ccc(C(=O)c2ccccc2)cc1. The number of rotatable bonds is 6. The van der Waals surface area contributed by atoms with E-state index in [0.717, 1.165) is 0 Å². The van der Waals surface area contributed by atoms with E-state index in [1.165, 1.54) is 0 Å². The lowest BCUT2D eigenvalue weighted by Crippen LogP contribution is -2.44. The van der Waals surface area contributed by atoms with Gasteiger partial charge in [-0.2, -0.15) is 0 Å². The molecule has 1 aliphatic heterocycles. The number of nitrogens with one attached hydrogen (secondary N) is 2. The van der Waals surface area contributed by atoms with Gasteiger partial charge in [0.15, 0.2) is 5.78 Å². The number of carbonyl (C=O) groups is 2. The fourth-order valence-corrected chi connectivity index (χ4v) is 3.12. The van der Waals surface area contributed by atoms with E-state index in [1.54, 1.807) is 48.5 Å². The minimum atomic E-state index is -1.08. The van der Waals surface area contributed by atoms with Crippen molar-refractivity contribution in [3.63, 3.8) is 0 Å². The zero-order valence-corrected chi connectivity index (χ0v) is 14.6. The van der Waals surface area contributed by atoms with Crippen LogP contribution in [0.3, 0.4) is 0 Å². The molecule has 0 aliphatic carbocycles. The molecule has 7 nitrogen and oxygen atoms in total. The summed E-state index contributed by atoms with van der Waals surface area (Å²) in [5.41, 5.74) is 1.44. The molecule has 0 radical (unpaired) electrons. The minimum Gasteiger partial charge on any atom is -0.395 e. The molecule has 1 fully saturated rings. The van der Waals surface area contributed by atoms with E-state index in [1.807, 2.05) is 6.07 Å². The van der Waals surface area contributed by atoms with Gasteiger partial charge in [-0.25, -0.2) is 0 Å². The van der Waals surface area contributed by atoms with E-state index in [0.29, 0.717) is 16.7 Å². The molecule has 1 heterocycles. The Kier molecular flexibility index (Phi) is 5.98. The maximum atomic E-state index is 12.4. The molecule has 0 saturated carbocycles. The zero-order valence-electron chi connectivity index (χ0n) is 14.6. The van der Waals surface area contributed by atoms with Gasteiger partial charge in [0.25, 0.3) is 5.91 Å². The Morgan fingerprint density at radius 1 is 0.852 bits per heavy atom. The lowest BCUT2D eigenvalue weighted by atomic mass is 10.0. The maximum absolute atomic E-state index is 12.4. The fraction of sp³-hybridized carbons (Fsp3) is 0.300. The highest BCUT2D eigenvalue weighted by Gasteiger charge is 2.40. The number of aliphatic hydroxyl groups is 3. The lowest BCUT2D eigenvalue weighted by Gasteiger charge is -2.16. The number of hydrogen-bond acceptors (Lipinski definition) is 6. The Bertz CT molecular complexity index is 794. The van der Waals surface area contributed by atoms with Crippen molar-refractivity contribution in [1.82, 2.24) is 10.6 Å². The summed E-state index contributed by atoms with van der Waals surface area (Å²) in [5.74, 6) is -0.477. The van der Waals surface area contributed by atoms with E-state index < -0.39 is 24.3 Å². The standard InChI is InChI=1S/C20H22N2O5/c23-11-16-19(26)18(25)15(22-16)10-21-20(27)14-8-6-13(7-9-14)17(24)12-4-2-1-3-5-12/h1-9,15-16,18-19,22-23,25-26H,10-11H2,(H,21,27)/t15-,16-,18-,19-/m1/s1. The predicted molar refractivity (Wildman–Crippen MR) is 98.5 cm³/mol. The van der Waals surface area contributed by atoms with E-state index in [9.17, 15) is 19.8 Å². The van der Waals surface area contributed by atoms with Gasteiger partial charge >= 0.3 is 0 Å². The van der Waals surface area contributed by atoms with E-state index in [-0.39, 0.29) is 24.8 Å². The second kappa shape index (κ2) is 8.41. The van der Waals surface area contributed by atoms with Crippen LogP contribution in [0.4, 0.5) is 0 Å². The second-order valence-electron chi connectivity index (χ2n) is 6.53. The highest BCUT2D eigenvalue weighted by Crippen LogP contribution is 2.14. The van der Waals surface area contributed by atoms with Crippen LogP contribution < -0.4 is 10.6 Å². The molecule has 0 spiro atoms. The Labute approximate surface area is 156 Å². The molecule has 1 saturated heterocycles. The zero-order chi connectivity index (χ0) is 19.4. The molecule has 1 aliphatic rings. The third-order valence-electron chi connectivity index (χ3n) is 4.73. The maximum Gasteiger partial charge on any atom is 0.251 e. The van der Waals surface area contributed by atoms with Gasteiger partial charge < -0.3 is 26.0 Å². The third-order valence-corrected chi connectivity index (χ3v) is 4.73. The topological polar surface area (TPSA) is 119 Å². The number of aliphatic hydroxyl groups excluding tert-OH is 3. The summed E-state index contributed by atoms with van der Waals surface area (Å²) in [5, 5.41) is 34.4. The summed E-state index contributed by atoms with van der Waals surface area (Å²) in [7, 11) is 0. The summed E-state index contributed by atoms with van der Waals surface area (Å²) < 4.78 is 0. The van der Waals surface area contributed by atoms with Gasteiger partial charge in [0.05, 0.1) is 30.9 Å². The molecule has 1 amide bonds. The normalized spacial score (nSPS) is 24.6. The summed E-state index contributed by atoms with van der Waals surface area (Å²) >= 11 is 0. The van der Waals surface area contributed by atoms with E-state index >= 15 is 0 Å². The summed E-state index contributed by atoms with van der Waals surface area (Å²) in [4.78, 5) is 24.6. The van der Waals surface area contributed by atoms with Crippen molar-refractivity contribution in [1.29, 1.82) is 0 Å². The molecule has 5 N–H and O–H groups in total.